The molecule has 206 valence electrons. The number of aliphatic hydroxyl groups excluding tert-OH is 1. The molecule has 0 aliphatic carbocycles. The summed E-state index contributed by atoms with van der Waals surface area (Å²) in [5, 5.41) is 11.5. The molecule has 0 aromatic rings. The topological polar surface area (TPSA) is 77.0 Å². The van der Waals surface area contributed by atoms with Gasteiger partial charge in [0.25, 0.3) is 0 Å². The summed E-state index contributed by atoms with van der Waals surface area (Å²) in [6.07, 6.45) is 20.6. The molecule has 0 aromatic heterocycles. The number of hydrogen-bond acceptors (Lipinski definition) is 5. The predicted octanol–water partition coefficient (Wildman–Crippen LogP) is 5.80. The monoisotopic (exact) mass is 497 g/mol. The number of rotatable bonds is 27. The van der Waals surface area contributed by atoms with E-state index in [0.29, 0.717) is 52.6 Å². The Bertz CT molecular complexity index is 489. The van der Waals surface area contributed by atoms with Crippen molar-refractivity contribution in [2.24, 2.45) is 0 Å². The molecule has 0 spiro atoms. The van der Waals surface area contributed by atoms with E-state index in [2.05, 4.69) is 24.1 Å². The number of unbranched alkanes of at least 4 members (excludes halogenated alkanes) is 14. The molecule has 0 saturated carbocycles. The van der Waals surface area contributed by atoms with Crippen LogP contribution in [0.25, 0.3) is 0 Å². The maximum atomic E-state index is 11.8. The van der Waals surface area contributed by atoms with Gasteiger partial charge in [-0.2, -0.15) is 0 Å². The number of ether oxygens (including phenoxy) is 3. The first-order valence-electron chi connectivity index (χ1n) is 14.4. The van der Waals surface area contributed by atoms with Crippen molar-refractivity contribution in [2.75, 3.05) is 52.8 Å². The van der Waals surface area contributed by atoms with Crippen LogP contribution >= 0.6 is 0 Å². The lowest BCUT2D eigenvalue weighted by molar-refractivity contribution is -0.121. The van der Waals surface area contributed by atoms with Crippen LogP contribution in [-0.4, -0.2) is 63.8 Å². The highest BCUT2D eigenvalue weighted by Gasteiger charge is 2.00. The fraction of sp³-hybridized carbons (Fsp3) is 0.897. The number of nitrogens with one attached hydrogen (secondary N) is 1. The van der Waals surface area contributed by atoms with Crippen LogP contribution in [0.15, 0.2) is 0 Å². The van der Waals surface area contributed by atoms with E-state index in [1.807, 2.05) is 0 Å². The van der Waals surface area contributed by atoms with Gasteiger partial charge in [0.2, 0.25) is 5.91 Å². The van der Waals surface area contributed by atoms with Crippen molar-refractivity contribution in [3.05, 3.63) is 0 Å². The lowest BCUT2D eigenvalue weighted by atomic mass is 10.1. The number of aliphatic hydroxyl groups is 1. The second kappa shape index (κ2) is 30.9. The molecule has 6 nitrogen and oxygen atoms in total. The maximum Gasteiger partial charge on any atom is 0.220 e. The van der Waals surface area contributed by atoms with Gasteiger partial charge in [-0.25, -0.2) is 0 Å². The Morgan fingerprint density at radius 3 is 1.63 bits per heavy atom. The van der Waals surface area contributed by atoms with Crippen molar-refractivity contribution < 1.29 is 24.1 Å². The molecule has 0 atom stereocenters. The lowest BCUT2D eigenvalue weighted by Gasteiger charge is -2.07. The highest BCUT2D eigenvalue weighted by Crippen LogP contribution is 2.10. The molecule has 0 bridgehead atoms. The smallest absolute Gasteiger partial charge is 0.220 e. The fourth-order valence-corrected chi connectivity index (χ4v) is 3.69. The molecular formula is C29H55NO5. The summed E-state index contributed by atoms with van der Waals surface area (Å²) in [4.78, 5) is 11.8. The van der Waals surface area contributed by atoms with Crippen LogP contribution in [0.1, 0.15) is 116 Å². The summed E-state index contributed by atoms with van der Waals surface area (Å²) >= 11 is 0. The van der Waals surface area contributed by atoms with E-state index in [4.69, 9.17) is 19.3 Å². The summed E-state index contributed by atoms with van der Waals surface area (Å²) in [6.45, 7) is 5.65. The molecule has 0 radical (unpaired) electrons. The van der Waals surface area contributed by atoms with Crippen LogP contribution in [0.2, 0.25) is 0 Å². The molecule has 6 heteroatoms. The van der Waals surface area contributed by atoms with Gasteiger partial charge in [-0.1, -0.05) is 77.6 Å². The minimum atomic E-state index is 0.0321. The van der Waals surface area contributed by atoms with Crippen molar-refractivity contribution in [1.82, 2.24) is 5.32 Å². The molecule has 0 aromatic carbocycles. The molecule has 2 N–H and O–H groups in total. The summed E-state index contributed by atoms with van der Waals surface area (Å²) in [6, 6.07) is 0. The third-order valence-corrected chi connectivity index (χ3v) is 5.78. The molecule has 1 amide bonds. The van der Waals surface area contributed by atoms with Crippen LogP contribution in [0.4, 0.5) is 0 Å². The Kier molecular flexibility index (Phi) is 29.9. The Labute approximate surface area is 216 Å². The van der Waals surface area contributed by atoms with Gasteiger partial charge in [0.15, 0.2) is 0 Å². The zero-order valence-electron chi connectivity index (χ0n) is 22.8. The molecule has 35 heavy (non-hydrogen) atoms. The minimum absolute atomic E-state index is 0.0321. The van der Waals surface area contributed by atoms with E-state index in [1.54, 1.807) is 0 Å². The van der Waals surface area contributed by atoms with Gasteiger partial charge >= 0.3 is 0 Å². The van der Waals surface area contributed by atoms with Crippen molar-refractivity contribution in [2.45, 2.75) is 116 Å². The van der Waals surface area contributed by atoms with E-state index in [9.17, 15) is 4.79 Å². The second-order valence-electron chi connectivity index (χ2n) is 9.11. The zero-order chi connectivity index (χ0) is 25.5. The number of carbonyl (C=O) groups is 1. The Morgan fingerprint density at radius 1 is 0.629 bits per heavy atom. The Balaban J connectivity index is 3.21. The Hall–Kier alpha value is -1.13. The van der Waals surface area contributed by atoms with Crippen LogP contribution in [0.5, 0.6) is 0 Å². The average molecular weight is 498 g/mol. The van der Waals surface area contributed by atoms with Crippen molar-refractivity contribution >= 4 is 5.91 Å². The van der Waals surface area contributed by atoms with Crippen LogP contribution in [-0.2, 0) is 19.0 Å². The van der Waals surface area contributed by atoms with E-state index in [0.717, 1.165) is 25.7 Å². The van der Waals surface area contributed by atoms with Crippen molar-refractivity contribution in [3.63, 3.8) is 0 Å². The summed E-state index contributed by atoms with van der Waals surface area (Å²) in [5.41, 5.74) is 0. The first-order valence-corrected chi connectivity index (χ1v) is 14.4. The van der Waals surface area contributed by atoms with Gasteiger partial charge in [0.05, 0.1) is 46.2 Å². The molecule has 0 aliphatic rings. The van der Waals surface area contributed by atoms with E-state index < -0.39 is 0 Å². The third-order valence-electron chi connectivity index (χ3n) is 5.78. The van der Waals surface area contributed by atoms with Gasteiger partial charge in [-0.05, 0) is 19.3 Å². The number of carbonyl (C=O) groups excluding carboxylic acids is 1. The highest BCUT2D eigenvalue weighted by atomic mass is 16.5. The maximum absolute atomic E-state index is 11.8. The van der Waals surface area contributed by atoms with Gasteiger partial charge in [0, 0.05) is 25.8 Å². The first-order chi connectivity index (χ1) is 17.3. The predicted molar refractivity (Wildman–Crippen MR) is 144 cm³/mol. The van der Waals surface area contributed by atoms with Crippen LogP contribution in [0.3, 0.4) is 0 Å². The SMILES string of the molecule is CCCCCCCCCCC#CCCCCCCCCC(=O)NCCOCCOCCOCCO. The lowest BCUT2D eigenvalue weighted by Crippen LogP contribution is -2.27. The van der Waals surface area contributed by atoms with Gasteiger partial charge in [-0.3, -0.25) is 4.79 Å². The van der Waals surface area contributed by atoms with Crippen molar-refractivity contribution in [1.29, 1.82) is 0 Å². The first kappa shape index (κ1) is 33.9. The van der Waals surface area contributed by atoms with Gasteiger partial charge in [-0.15, -0.1) is 11.8 Å². The van der Waals surface area contributed by atoms with Gasteiger partial charge < -0.3 is 24.6 Å². The molecule has 0 heterocycles. The fourth-order valence-electron chi connectivity index (χ4n) is 3.69. The summed E-state index contributed by atoms with van der Waals surface area (Å²) in [7, 11) is 0. The van der Waals surface area contributed by atoms with E-state index >= 15 is 0 Å². The molecule has 0 unspecified atom stereocenters. The second-order valence-corrected chi connectivity index (χ2v) is 9.11. The summed E-state index contributed by atoms with van der Waals surface area (Å²) < 4.78 is 15.8. The highest BCUT2D eigenvalue weighted by molar-refractivity contribution is 5.75. The third kappa shape index (κ3) is 30.8. The van der Waals surface area contributed by atoms with E-state index in [1.165, 1.54) is 77.0 Å². The largest absolute Gasteiger partial charge is 0.394 e. The zero-order valence-corrected chi connectivity index (χ0v) is 22.8. The molecular weight excluding hydrogens is 442 g/mol. The number of amides is 1. The standard InChI is InChI=1S/C29H55NO5/c1-2-3-4-5-6-7-8-9-10-11-12-13-14-15-16-17-18-19-20-29(32)30-21-23-33-25-27-35-28-26-34-24-22-31/h31H,2-10,13-28H2,1H3,(H,30,32). The molecule has 0 aliphatic heterocycles. The molecule has 0 saturated heterocycles. The van der Waals surface area contributed by atoms with Crippen LogP contribution in [0, 0.1) is 11.8 Å². The normalized spacial score (nSPS) is 10.8. The summed E-state index contributed by atoms with van der Waals surface area (Å²) in [5.74, 6) is 6.79. The van der Waals surface area contributed by atoms with Crippen molar-refractivity contribution in [3.8, 4) is 11.8 Å². The average Bonchev–Trinajstić information content (AvgIpc) is 2.86. The number of hydrogen-bond donors (Lipinski definition) is 2. The van der Waals surface area contributed by atoms with Crippen LogP contribution < -0.4 is 5.32 Å². The quantitative estimate of drug-likeness (QED) is 0.111. The van der Waals surface area contributed by atoms with Gasteiger partial charge in [0.1, 0.15) is 0 Å². The molecule has 0 fully saturated rings. The molecule has 0 rings (SSSR count). The van der Waals surface area contributed by atoms with E-state index in [-0.39, 0.29) is 12.5 Å². The Morgan fingerprint density at radius 2 is 1.09 bits per heavy atom. The minimum Gasteiger partial charge on any atom is -0.394 e.